The number of ether oxygens (including phenoxy) is 1. The smallest absolute Gasteiger partial charge is 0.152 e. The number of halogens is 1. The van der Waals surface area contributed by atoms with Gasteiger partial charge in [-0.2, -0.15) is 5.10 Å². The fraction of sp³-hybridized carbons (Fsp3) is 0.333. The molecule has 0 N–H and O–H groups in total. The first-order valence-electron chi connectivity index (χ1n) is 7.75. The predicted octanol–water partition coefficient (Wildman–Crippen LogP) is 3.72. The molecule has 1 aromatic carbocycles. The van der Waals surface area contributed by atoms with Crippen LogP contribution in [0.3, 0.4) is 0 Å². The van der Waals surface area contributed by atoms with E-state index in [1.54, 1.807) is 7.11 Å². The molecule has 0 aliphatic carbocycles. The molecular formula is C18H20ClN3O2. The molecule has 0 spiro atoms. The van der Waals surface area contributed by atoms with Crippen LogP contribution < -0.4 is 4.74 Å². The molecule has 3 rings (SSSR count). The Morgan fingerprint density at radius 3 is 2.62 bits per heavy atom. The second kappa shape index (κ2) is 6.32. The largest absolute Gasteiger partial charge is 0.497 e. The minimum atomic E-state index is 0.458. The molecule has 0 amide bonds. The number of rotatable bonds is 5. The second-order valence-electron chi connectivity index (χ2n) is 5.77. The van der Waals surface area contributed by atoms with Gasteiger partial charge in [0.1, 0.15) is 5.75 Å². The molecule has 0 radical (unpaired) electrons. The molecule has 0 unspecified atom stereocenters. The van der Waals surface area contributed by atoms with E-state index in [2.05, 4.69) is 9.67 Å². The van der Waals surface area contributed by atoms with Gasteiger partial charge in [-0.25, -0.2) is 0 Å². The van der Waals surface area contributed by atoms with Crippen molar-refractivity contribution in [2.75, 3.05) is 13.0 Å². The van der Waals surface area contributed by atoms with Crippen molar-refractivity contribution < 1.29 is 9.53 Å². The van der Waals surface area contributed by atoms with Crippen LogP contribution in [0.5, 0.6) is 5.75 Å². The molecule has 3 aromatic rings. The van der Waals surface area contributed by atoms with Crippen LogP contribution in [0.2, 0.25) is 0 Å². The first kappa shape index (κ1) is 16.6. The van der Waals surface area contributed by atoms with Crippen molar-refractivity contribution in [1.82, 2.24) is 14.3 Å². The van der Waals surface area contributed by atoms with Crippen LogP contribution in [-0.2, 0) is 13.6 Å². The third kappa shape index (κ3) is 2.40. The van der Waals surface area contributed by atoms with E-state index in [1.165, 1.54) is 0 Å². The summed E-state index contributed by atoms with van der Waals surface area (Å²) in [6.07, 6.45) is 0.910. The maximum atomic E-state index is 11.9. The van der Waals surface area contributed by atoms with E-state index >= 15 is 0 Å². The molecule has 2 aromatic heterocycles. The Labute approximate surface area is 145 Å². The van der Waals surface area contributed by atoms with Gasteiger partial charge in [-0.15, -0.1) is 11.6 Å². The number of nitrogens with zero attached hydrogens (tertiary/aromatic N) is 3. The van der Waals surface area contributed by atoms with Gasteiger partial charge in [0.15, 0.2) is 6.29 Å². The van der Waals surface area contributed by atoms with Crippen molar-refractivity contribution in [3.8, 4) is 17.0 Å². The van der Waals surface area contributed by atoms with E-state index in [9.17, 15) is 4.79 Å². The number of hydrogen-bond acceptors (Lipinski definition) is 3. The van der Waals surface area contributed by atoms with Crippen molar-refractivity contribution in [3.05, 3.63) is 35.2 Å². The summed E-state index contributed by atoms with van der Waals surface area (Å²) in [6, 6.07) is 5.76. The Morgan fingerprint density at radius 2 is 2.08 bits per heavy atom. The molecule has 6 heteroatoms. The number of carbonyl (C=O) groups is 1. The highest BCUT2D eigenvalue weighted by Crippen LogP contribution is 2.37. The van der Waals surface area contributed by atoms with Gasteiger partial charge in [0.05, 0.1) is 18.5 Å². The number of aldehydes is 1. The highest BCUT2D eigenvalue weighted by molar-refractivity contribution is 6.18. The minimum absolute atomic E-state index is 0.458. The molecule has 24 heavy (non-hydrogen) atoms. The van der Waals surface area contributed by atoms with Crippen LogP contribution in [0, 0.1) is 13.8 Å². The van der Waals surface area contributed by atoms with Crippen molar-refractivity contribution in [3.63, 3.8) is 0 Å². The second-order valence-corrected chi connectivity index (χ2v) is 6.15. The van der Waals surface area contributed by atoms with Crippen LogP contribution in [0.25, 0.3) is 22.2 Å². The Kier molecular flexibility index (Phi) is 4.37. The molecule has 2 heterocycles. The Balaban J connectivity index is 2.45. The lowest BCUT2D eigenvalue weighted by molar-refractivity contribution is 0.112. The van der Waals surface area contributed by atoms with E-state index in [0.29, 0.717) is 18.0 Å². The number of aryl methyl sites for hydroxylation is 3. The topological polar surface area (TPSA) is 49.0 Å². The summed E-state index contributed by atoms with van der Waals surface area (Å²) in [6.45, 7) is 4.58. The number of hydrogen-bond donors (Lipinski definition) is 0. The standard InChI is InChI=1S/C18H20ClN3O2/c1-11-17(12(2)21(3)20-11)18-15(10-23)14-9-13(24-4)5-6-16(14)22(18)8-7-19/h5-6,9-10H,7-8H2,1-4H3. The quantitative estimate of drug-likeness (QED) is 0.523. The molecule has 0 bridgehead atoms. The summed E-state index contributed by atoms with van der Waals surface area (Å²) < 4.78 is 9.26. The zero-order valence-corrected chi connectivity index (χ0v) is 15.0. The van der Waals surface area contributed by atoms with Crippen LogP contribution >= 0.6 is 11.6 Å². The van der Waals surface area contributed by atoms with Gasteiger partial charge in [-0.1, -0.05) is 0 Å². The average molecular weight is 346 g/mol. The SMILES string of the molecule is COc1ccc2c(c1)c(C=O)c(-c1c(C)nn(C)c1C)n2CCCl. The third-order valence-corrected chi connectivity index (χ3v) is 4.65. The number of aromatic nitrogens is 3. The normalized spacial score (nSPS) is 11.2. The van der Waals surface area contributed by atoms with Gasteiger partial charge in [-0.3, -0.25) is 9.48 Å². The van der Waals surface area contributed by atoms with Crippen molar-refractivity contribution >= 4 is 28.8 Å². The lowest BCUT2D eigenvalue weighted by Crippen LogP contribution is -2.03. The third-order valence-electron chi connectivity index (χ3n) is 4.48. The number of benzene rings is 1. The molecule has 5 nitrogen and oxygen atoms in total. The van der Waals surface area contributed by atoms with Gasteiger partial charge in [0.2, 0.25) is 0 Å². The maximum Gasteiger partial charge on any atom is 0.152 e. The summed E-state index contributed by atoms with van der Waals surface area (Å²) in [7, 11) is 3.53. The van der Waals surface area contributed by atoms with Crippen molar-refractivity contribution in [1.29, 1.82) is 0 Å². The minimum Gasteiger partial charge on any atom is -0.497 e. The van der Waals surface area contributed by atoms with Crippen molar-refractivity contribution in [2.24, 2.45) is 7.05 Å². The fourth-order valence-electron chi connectivity index (χ4n) is 3.31. The lowest BCUT2D eigenvalue weighted by atomic mass is 10.0. The van der Waals surface area contributed by atoms with E-state index in [-0.39, 0.29) is 0 Å². The van der Waals surface area contributed by atoms with E-state index in [4.69, 9.17) is 16.3 Å². The fourth-order valence-corrected chi connectivity index (χ4v) is 3.48. The summed E-state index contributed by atoms with van der Waals surface area (Å²) >= 11 is 6.04. The first-order chi connectivity index (χ1) is 11.5. The van der Waals surface area contributed by atoms with E-state index < -0.39 is 0 Å². The van der Waals surface area contributed by atoms with Gasteiger partial charge in [0.25, 0.3) is 0 Å². The summed E-state index contributed by atoms with van der Waals surface area (Å²) in [5.41, 5.74) is 5.38. The first-order valence-corrected chi connectivity index (χ1v) is 8.28. The lowest BCUT2D eigenvalue weighted by Gasteiger charge is -2.10. The Bertz CT molecular complexity index is 924. The van der Waals surface area contributed by atoms with Crippen molar-refractivity contribution in [2.45, 2.75) is 20.4 Å². The monoisotopic (exact) mass is 345 g/mol. The molecule has 0 saturated carbocycles. The molecule has 0 fully saturated rings. The summed E-state index contributed by atoms with van der Waals surface area (Å²) in [5.74, 6) is 1.18. The van der Waals surface area contributed by atoms with Crippen LogP contribution in [0.15, 0.2) is 18.2 Å². The molecule has 0 aliphatic heterocycles. The average Bonchev–Trinajstić information content (AvgIpc) is 3.00. The number of methoxy groups -OCH3 is 1. The zero-order valence-electron chi connectivity index (χ0n) is 14.3. The van der Waals surface area contributed by atoms with Crippen LogP contribution in [0.1, 0.15) is 21.7 Å². The molecular weight excluding hydrogens is 326 g/mol. The Hall–Kier alpha value is -2.27. The summed E-state index contributed by atoms with van der Waals surface area (Å²) in [5, 5.41) is 5.36. The number of alkyl halides is 1. The van der Waals surface area contributed by atoms with Gasteiger partial charge in [-0.05, 0) is 32.0 Å². The number of fused-ring (bicyclic) bond motifs is 1. The van der Waals surface area contributed by atoms with Gasteiger partial charge < -0.3 is 9.30 Å². The van der Waals surface area contributed by atoms with Gasteiger partial charge >= 0.3 is 0 Å². The van der Waals surface area contributed by atoms with Crippen LogP contribution in [-0.4, -0.2) is 33.6 Å². The Morgan fingerprint density at radius 1 is 1.33 bits per heavy atom. The predicted molar refractivity (Wildman–Crippen MR) is 96.3 cm³/mol. The highest BCUT2D eigenvalue weighted by Gasteiger charge is 2.23. The number of carbonyl (C=O) groups excluding carboxylic acids is 1. The maximum absolute atomic E-state index is 11.9. The molecule has 0 atom stereocenters. The highest BCUT2D eigenvalue weighted by atomic mass is 35.5. The molecule has 126 valence electrons. The molecule has 0 aliphatic rings. The zero-order chi connectivity index (χ0) is 17.4. The molecule has 0 saturated heterocycles. The van der Waals surface area contributed by atoms with Gasteiger partial charge in [0, 0.05) is 47.2 Å². The van der Waals surface area contributed by atoms with Crippen LogP contribution in [0.4, 0.5) is 0 Å². The summed E-state index contributed by atoms with van der Waals surface area (Å²) in [4.78, 5) is 11.9. The van der Waals surface area contributed by atoms with E-state index in [1.807, 2.05) is 43.8 Å². The van der Waals surface area contributed by atoms with E-state index in [0.717, 1.165) is 45.6 Å².